The number of nitrogens with zero attached hydrogens (tertiary/aromatic N) is 3. The van der Waals surface area contributed by atoms with E-state index in [1.54, 1.807) is 76.4 Å². The van der Waals surface area contributed by atoms with Gasteiger partial charge < -0.3 is 35.5 Å². The van der Waals surface area contributed by atoms with Crippen molar-refractivity contribution in [3.05, 3.63) is 108 Å². The molecule has 17 heteroatoms. The van der Waals surface area contributed by atoms with Crippen molar-refractivity contribution < 1.29 is 53.7 Å². The van der Waals surface area contributed by atoms with Crippen LogP contribution in [0.25, 0.3) is 0 Å². The summed E-state index contributed by atoms with van der Waals surface area (Å²) >= 11 is 0. The number of phenolic OH excluding ortho intramolecular Hbond substituents is 1. The molecular formula is C48H62N6O11. The number of aliphatic hydroxyl groups excluding tert-OH is 2. The quantitative estimate of drug-likeness (QED) is 0.121. The first-order valence-electron chi connectivity index (χ1n) is 22.1. The minimum Gasteiger partial charge on any atom is -0.508 e. The molecule has 350 valence electrons. The van der Waals surface area contributed by atoms with E-state index < -0.39 is 83.8 Å². The number of ether oxygens (including phenoxy) is 1. The van der Waals surface area contributed by atoms with Crippen LogP contribution in [-0.4, -0.2) is 109 Å². The van der Waals surface area contributed by atoms with Gasteiger partial charge >= 0.3 is 5.97 Å². The Morgan fingerprint density at radius 1 is 1.03 bits per heavy atom. The number of amides is 4. The zero-order valence-corrected chi connectivity index (χ0v) is 37.6. The molecule has 0 radical (unpaired) electrons. The van der Waals surface area contributed by atoms with E-state index in [0.717, 1.165) is 11.3 Å². The van der Waals surface area contributed by atoms with E-state index in [0.29, 0.717) is 24.0 Å². The minimum atomic E-state index is -1.43. The second-order valence-electron chi connectivity index (χ2n) is 17.2. The van der Waals surface area contributed by atoms with Crippen LogP contribution in [0.5, 0.6) is 5.75 Å². The van der Waals surface area contributed by atoms with Gasteiger partial charge in [-0.05, 0) is 73.9 Å². The number of phenols is 1. The van der Waals surface area contributed by atoms with Gasteiger partial charge in [-0.25, -0.2) is 10.5 Å². The number of Topliss-reactive ketones (excluding diaryl/α,β-unsaturated/α-hetero) is 1. The number of allylic oxidation sites excluding steroid dienone is 4. The van der Waals surface area contributed by atoms with Crippen LogP contribution in [0.3, 0.4) is 0 Å². The van der Waals surface area contributed by atoms with Gasteiger partial charge in [0.2, 0.25) is 11.8 Å². The summed E-state index contributed by atoms with van der Waals surface area (Å²) in [6.45, 7) is 8.66. The maximum absolute atomic E-state index is 14.4. The largest absolute Gasteiger partial charge is 0.508 e. The number of rotatable bonds is 9. The molecule has 17 nitrogen and oxygen atoms in total. The summed E-state index contributed by atoms with van der Waals surface area (Å²) < 4.78 is 6.08. The third-order valence-corrected chi connectivity index (χ3v) is 11.8. The van der Waals surface area contributed by atoms with Crippen molar-refractivity contribution in [3.63, 3.8) is 0 Å². The smallest absolute Gasteiger partial charge is 0.325 e. The number of esters is 1. The molecule has 1 saturated heterocycles. The maximum atomic E-state index is 14.4. The molecule has 3 aliphatic rings. The van der Waals surface area contributed by atoms with E-state index in [9.17, 15) is 44.1 Å². The normalized spacial score (nSPS) is 27.7. The zero-order chi connectivity index (χ0) is 47.2. The maximum Gasteiger partial charge on any atom is 0.325 e. The zero-order valence-electron chi connectivity index (χ0n) is 37.6. The van der Waals surface area contributed by atoms with E-state index in [-0.39, 0.29) is 56.9 Å². The molecule has 1 aromatic carbocycles. The van der Waals surface area contributed by atoms with Crippen molar-refractivity contribution >= 4 is 35.4 Å². The highest BCUT2D eigenvalue weighted by Crippen LogP contribution is 2.25. The predicted octanol–water partition coefficient (Wildman–Crippen LogP) is 3.20. The molecule has 2 aromatic rings. The predicted molar refractivity (Wildman–Crippen MR) is 238 cm³/mol. The SMILES string of the molecule is CC(=O)CC[C@H]1C(=O)N[C@@H](C(C)C)C(=O)N[C@@H](Cc2cccc(O)c2)C(=O)N2CCCC(N2)C(=O)O[C@H](/C(C)=C/C=C/C(=O)N2Cc3cccnc3CO2)C/C=C/C=C/[C@H](O)[C@H](C)[C@H]1O. The monoisotopic (exact) mass is 898 g/mol. The average Bonchev–Trinajstić information content (AvgIpc) is 3.28. The van der Waals surface area contributed by atoms with Gasteiger partial charge in [-0.2, -0.15) is 0 Å². The third kappa shape index (κ3) is 14.2. The number of benzene rings is 1. The Morgan fingerprint density at radius 2 is 1.82 bits per heavy atom. The molecule has 1 fully saturated rings. The molecule has 4 amide bonds. The van der Waals surface area contributed by atoms with Gasteiger partial charge in [0.1, 0.15) is 42.4 Å². The lowest BCUT2D eigenvalue weighted by atomic mass is 9.84. The summed E-state index contributed by atoms with van der Waals surface area (Å²) in [6, 6.07) is 6.52. The van der Waals surface area contributed by atoms with Gasteiger partial charge in [-0.15, -0.1) is 0 Å². The molecule has 1 aromatic heterocycles. The van der Waals surface area contributed by atoms with Crippen molar-refractivity contribution in [2.45, 2.75) is 123 Å². The van der Waals surface area contributed by atoms with Crippen LogP contribution in [0.15, 0.2) is 90.7 Å². The number of hydrogen-bond acceptors (Lipinski definition) is 13. The molecule has 3 aliphatic heterocycles. The minimum absolute atomic E-state index is 0.0368. The molecule has 0 saturated carbocycles. The number of aliphatic hydroxyl groups is 2. The highest BCUT2D eigenvalue weighted by atomic mass is 16.7. The van der Waals surface area contributed by atoms with Crippen LogP contribution in [0.1, 0.15) is 83.5 Å². The Balaban J connectivity index is 1.45. The number of nitrogens with one attached hydrogen (secondary N) is 3. The highest BCUT2D eigenvalue weighted by molar-refractivity contribution is 5.93. The molecule has 1 unspecified atom stereocenters. The van der Waals surface area contributed by atoms with Crippen molar-refractivity contribution in [3.8, 4) is 5.75 Å². The number of pyridine rings is 1. The van der Waals surface area contributed by atoms with Crippen LogP contribution in [0, 0.1) is 17.8 Å². The van der Waals surface area contributed by atoms with Gasteiger partial charge in [0.25, 0.3) is 11.8 Å². The lowest BCUT2D eigenvalue weighted by Crippen LogP contribution is -2.62. The summed E-state index contributed by atoms with van der Waals surface area (Å²) in [6.07, 6.45) is 9.82. The molecule has 2 bridgehead atoms. The lowest BCUT2D eigenvalue weighted by molar-refractivity contribution is -0.196. The Hall–Kier alpha value is -6.01. The molecule has 8 atom stereocenters. The van der Waals surface area contributed by atoms with E-state index in [2.05, 4.69) is 21.0 Å². The van der Waals surface area contributed by atoms with Crippen LogP contribution < -0.4 is 16.1 Å². The Labute approximate surface area is 379 Å². The summed E-state index contributed by atoms with van der Waals surface area (Å²) in [7, 11) is 0. The van der Waals surface area contributed by atoms with Gasteiger partial charge in [0.15, 0.2) is 0 Å². The van der Waals surface area contributed by atoms with Gasteiger partial charge in [-0.1, -0.05) is 75.4 Å². The van der Waals surface area contributed by atoms with Crippen LogP contribution in [-0.2, 0) is 57.9 Å². The molecule has 65 heavy (non-hydrogen) atoms. The number of aromatic hydroxyl groups is 1. The molecule has 6 N–H and O–H groups in total. The fourth-order valence-electron chi connectivity index (χ4n) is 7.75. The lowest BCUT2D eigenvalue weighted by Gasteiger charge is -2.36. The van der Waals surface area contributed by atoms with E-state index >= 15 is 0 Å². The third-order valence-electron chi connectivity index (χ3n) is 11.8. The molecule has 0 spiro atoms. The van der Waals surface area contributed by atoms with Crippen molar-refractivity contribution in [1.82, 2.24) is 31.1 Å². The Morgan fingerprint density at radius 3 is 2.55 bits per heavy atom. The topological polar surface area (TPSA) is 237 Å². The molecule has 0 aliphatic carbocycles. The summed E-state index contributed by atoms with van der Waals surface area (Å²) in [4.78, 5) is 91.4. The second kappa shape index (κ2) is 23.8. The van der Waals surface area contributed by atoms with Gasteiger partial charge in [0, 0.05) is 44.0 Å². The highest BCUT2D eigenvalue weighted by Gasteiger charge is 2.39. The van der Waals surface area contributed by atoms with Crippen LogP contribution >= 0.6 is 0 Å². The number of hydrazine groups is 1. The summed E-state index contributed by atoms with van der Waals surface area (Å²) in [5.41, 5.74) is 5.75. The number of cyclic esters (lactones) is 1. The molecular weight excluding hydrogens is 837 g/mol. The first kappa shape index (κ1) is 50.0. The number of hydroxylamine groups is 2. The van der Waals surface area contributed by atoms with E-state index in [1.165, 1.54) is 47.4 Å². The Kier molecular flexibility index (Phi) is 18.3. The van der Waals surface area contributed by atoms with E-state index in [1.807, 2.05) is 6.07 Å². The summed E-state index contributed by atoms with van der Waals surface area (Å²) in [5.74, 6) is -5.87. The fraction of sp³-hybridized carbons (Fsp3) is 0.479. The summed E-state index contributed by atoms with van der Waals surface area (Å²) in [5, 5.41) is 40.9. The number of ketones is 1. The number of carbonyl (C=O) groups is 6. The van der Waals surface area contributed by atoms with E-state index in [4.69, 9.17) is 9.57 Å². The van der Waals surface area contributed by atoms with Crippen molar-refractivity contribution in [2.24, 2.45) is 17.8 Å². The van der Waals surface area contributed by atoms with Crippen LogP contribution in [0.4, 0.5) is 0 Å². The van der Waals surface area contributed by atoms with Crippen LogP contribution in [0.2, 0.25) is 0 Å². The number of carbonyl (C=O) groups excluding carboxylic acids is 6. The number of aromatic nitrogens is 1. The standard InChI is InChI=1S/C48H62N6O11/c1-29(2)43-46(61)50-38(26-33-14-10-16-35(56)25-33)47(62)53-24-12-17-37(52-53)48(63)65-41(30(3)13-9-20-42(58)54-27-34-15-11-23-49-39(34)28-64-54)19-8-6-7-18-40(57)32(5)44(59)36(45(60)51-43)22-21-31(4)55/h6-11,13-16,18,20,23,25,29,32,36-38,40-41,43-44,52,56-57,59H,12,17,19,21-22,24,26-28H2,1-5H3,(H,50,61)(H,51,60)/b8-6+,18-7+,20-9+,30-13+/t32-,36+,37?,38-,40-,41-,43-,44+/m0/s1. The fourth-order valence-corrected chi connectivity index (χ4v) is 7.75. The number of fused-ring (bicyclic) bond motifs is 3. The number of hydrogen-bond donors (Lipinski definition) is 6. The second-order valence-corrected chi connectivity index (χ2v) is 17.2. The van der Waals surface area contributed by atoms with Crippen molar-refractivity contribution in [1.29, 1.82) is 0 Å². The average molecular weight is 899 g/mol. The molecule has 4 heterocycles. The molecule has 5 rings (SSSR count). The first-order valence-corrected chi connectivity index (χ1v) is 22.1. The Bertz CT molecular complexity index is 2150. The van der Waals surface area contributed by atoms with Gasteiger partial charge in [-0.3, -0.25) is 38.8 Å². The van der Waals surface area contributed by atoms with Crippen molar-refractivity contribution in [2.75, 3.05) is 6.54 Å². The first-order chi connectivity index (χ1) is 31.0. The van der Waals surface area contributed by atoms with Gasteiger partial charge in [0.05, 0.1) is 30.4 Å².